The zero-order valence-electron chi connectivity index (χ0n) is 13.0. The first-order valence-electron chi connectivity index (χ1n) is 7.71. The van der Waals surface area contributed by atoms with Crippen molar-refractivity contribution in [2.24, 2.45) is 0 Å². The fourth-order valence-corrected chi connectivity index (χ4v) is 2.60. The molecule has 1 amide bonds. The molecular weight excluding hydrogens is 312 g/mol. The van der Waals surface area contributed by atoms with Crippen LogP contribution in [0.1, 0.15) is 18.7 Å². The molecular formula is C17H18N2O5. The highest BCUT2D eigenvalue weighted by Crippen LogP contribution is 2.21. The van der Waals surface area contributed by atoms with Crippen LogP contribution in [-0.2, 0) is 20.7 Å². The average molecular weight is 330 g/mol. The molecule has 7 heteroatoms. The quantitative estimate of drug-likeness (QED) is 0.835. The van der Waals surface area contributed by atoms with Crippen LogP contribution in [0.3, 0.4) is 0 Å². The number of aliphatic carboxylic acids is 1. The van der Waals surface area contributed by atoms with E-state index >= 15 is 0 Å². The summed E-state index contributed by atoms with van der Waals surface area (Å²) in [7, 11) is 0. The van der Waals surface area contributed by atoms with Crippen molar-refractivity contribution in [1.82, 2.24) is 10.3 Å². The van der Waals surface area contributed by atoms with Crippen LogP contribution in [0, 0.1) is 0 Å². The first-order valence-corrected chi connectivity index (χ1v) is 7.71. The zero-order chi connectivity index (χ0) is 17.0. The molecule has 0 aliphatic carbocycles. The summed E-state index contributed by atoms with van der Waals surface area (Å²) in [6.45, 7) is 0.317. The molecule has 2 N–H and O–H groups in total. The van der Waals surface area contributed by atoms with Crippen LogP contribution in [0.4, 0.5) is 0 Å². The Hall–Kier alpha value is -2.67. The number of benzene rings is 1. The number of nitrogens with zero attached hydrogens (tertiary/aromatic N) is 1. The number of hydrogen-bond acceptors (Lipinski definition) is 5. The number of aryl methyl sites for hydroxylation is 1. The van der Waals surface area contributed by atoms with E-state index in [4.69, 9.17) is 9.15 Å². The molecule has 3 rings (SSSR count). The minimum atomic E-state index is -1.32. The number of hydrogen-bond donors (Lipinski definition) is 2. The predicted molar refractivity (Wildman–Crippen MR) is 84.2 cm³/mol. The minimum Gasteiger partial charge on any atom is -0.479 e. The number of carbonyl (C=O) groups is 2. The van der Waals surface area contributed by atoms with Crippen molar-refractivity contribution in [1.29, 1.82) is 0 Å². The second kappa shape index (κ2) is 6.84. The van der Waals surface area contributed by atoms with Gasteiger partial charge in [0, 0.05) is 31.4 Å². The third-order valence-corrected chi connectivity index (χ3v) is 3.99. The highest BCUT2D eigenvalue weighted by molar-refractivity contribution is 5.87. The highest BCUT2D eigenvalue weighted by atomic mass is 16.5. The second-order valence-electron chi connectivity index (χ2n) is 5.72. The van der Waals surface area contributed by atoms with Crippen molar-refractivity contribution in [2.75, 3.05) is 13.2 Å². The number of nitrogens with one attached hydrogen (secondary N) is 1. The fourth-order valence-electron chi connectivity index (χ4n) is 2.60. The number of carboxylic acids is 1. The highest BCUT2D eigenvalue weighted by Gasteiger charge is 2.43. The van der Waals surface area contributed by atoms with Gasteiger partial charge in [0.15, 0.2) is 17.2 Å². The van der Waals surface area contributed by atoms with E-state index in [0.29, 0.717) is 24.7 Å². The van der Waals surface area contributed by atoms with Crippen LogP contribution in [0.15, 0.2) is 40.9 Å². The molecule has 1 unspecified atom stereocenters. The molecule has 1 fully saturated rings. The molecule has 1 aliphatic rings. The molecule has 7 nitrogen and oxygen atoms in total. The SMILES string of the molecule is O=C(CCc1ncc(-c2ccccc2)o1)NC1(C(=O)O)CCOC1. The summed E-state index contributed by atoms with van der Waals surface area (Å²) in [5.41, 5.74) is -0.406. The van der Waals surface area contributed by atoms with Gasteiger partial charge in [-0.15, -0.1) is 0 Å². The second-order valence-corrected chi connectivity index (χ2v) is 5.72. The lowest BCUT2D eigenvalue weighted by molar-refractivity contribution is -0.147. The molecule has 1 aromatic heterocycles. The largest absolute Gasteiger partial charge is 0.479 e. The Kier molecular flexibility index (Phi) is 4.61. The van der Waals surface area contributed by atoms with Crippen LogP contribution < -0.4 is 5.32 Å². The van der Waals surface area contributed by atoms with E-state index in [1.807, 2.05) is 30.3 Å². The predicted octanol–water partition coefficient (Wildman–Crippen LogP) is 1.63. The van der Waals surface area contributed by atoms with Gasteiger partial charge in [-0.2, -0.15) is 0 Å². The Morgan fingerprint density at radius 1 is 1.29 bits per heavy atom. The Morgan fingerprint density at radius 2 is 2.08 bits per heavy atom. The van der Waals surface area contributed by atoms with Gasteiger partial charge in [-0.3, -0.25) is 4.79 Å². The average Bonchev–Trinajstić information content (AvgIpc) is 3.24. The number of carbonyl (C=O) groups excluding carboxylic acids is 1. The molecule has 2 aromatic rings. The first kappa shape index (κ1) is 16.2. The lowest BCUT2D eigenvalue weighted by atomic mass is 9.98. The molecule has 0 spiro atoms. The van der Waals surface area contributed by atoms with Gasteiger partial charge in [-0.1, -0.05) is 30.3 Å². The zero-order valence-corrected chi connectivity index (χ0v) is 13.0. The number of carboxylic acid groups (broad SMARTS) is 1. The molecule has 1 aliphatic heterocycles. The van der Waals surface area contributed by atoms with Crippen LogP contribution in [-0.4, -0.2) is 40.7 Å². The molecule has 0 radical (unpaired) electrons. The monoisotopic (exact) mass is 330 g/mol. The lowest BCUT2D eigenvalue weighted by Gasteiger charge is -2.23. The standard InChI is InChI=1S/C17H18N2O5/c20-14(19-17(16(21)22)8-9-23-11-17)6-7-15-18-10-13(24-15)12-4-2-1-3-5-12/h1-5,10H,6-9,11H2,(H,19,20)(H,21,22). The van der Waals surface area contributed by atoms with Crippen LogP contribution in [0.2, 0.25) is 0 Å². The van der Waals surface area contributed by atoms with Crippen LogP contribution in [0.25, 0.3) is 11.3 Å². The molecule has 1 saturated heterocycles. The normalized spacial score (nSPS) is 20.0. The van der Waals surface area contributed by atoms with Gasteiger partial charge in [-0.25, -0.2) is 9.78 Å². The number of rotatable bonds is 6. The lowest BCUT2D eigenvalue weighted by Crippen LogP contribution is -2.55. The molecule has 0 saturated carbocycles. The minimum absolute atomic E-state index is 0.00870. The van der Waals surface area contributed by atoms with Crippen LogP contribution in [0.5, 0.6) is 0 Å². The van der Waals surface area contributed by atoms with Crippen molar-refractivity contribution in [3.05, 3.63) is 42.4 Å². The van der Waals surface area contributed by atoms with Gasteiger partial charge >= 0.3 is 5.97 Å². The smallest absolute Gasteiger partial charge is 0.331 e. The molecule has 1 aromatic carbocycles. The van der Waals surface area contributed by atoms with Crippen molar-refractivity contribution in [3.63, 3.8) is 0 Å². The summed E-state index contributed by atoms with van der Waals surface area (Å²) >= 11 is 0. The van der Waals surface area contributed by atoms with Crippen molar-refractivity contribution in [3.8, 4) is 11.3 Å². The number of ether oxygens (including phenoxy) is 1. The van der Waals surface area contributed by atoms with Crippen molar-refractivity contribution >= 4 is 11.9 Å². The summed E-state index contributed by atoms with van der Waals surface area (Å²) in [6.07, 6.45) is 2.29. The van der Waals surface area contributed by atoms with E-state index in [0.717, 1.165) is 5.56 Å². The van der Waals surface area contributed by atoms with Gasteiger partial charge in [0.05, 0.1) is 12.8 Å². The summed E-state index contributed by atoms with van der Waals surface area (Å²) in [5.74, 6) is -0.355. The topological polar surface area (TPSA) is 102 Å². The molecule has 1 atom stereocenters. The van der Waals surface area contributed by atoms with E-state index in [1.165, 1.54) is 0 Å². The summed E-state index contributed by atoms with van der Waals surface area (Å²) in [4.78, 5) is 27.6. The molecule has 24 heavy (non-hydrogen) atoms. The Morgan fingerprint density at radius 3 is 2.75 bits per heavy atom. The maximum atomic E-state index is 12.1. The van der Waals surface area contributed by atoms with Gasteiger partial charge in [0.1, 0.15) is 0 Å². The van der Waals surface area contributed by atoms with Crippen molar-refractivity contribution in [2.45, 2.75) is 24.8 Å². The summed E-state index contributed by atoms with van der Waals surface area (Å²) < 4.78 is 10.7. The van der Waals surface area contributed by atoms with Gasteiger partial charge in [-0.05, 0) is 0 Å². The van der Waals surface area contributed by atoms with E-state index in [1.54, 1.807) is 6.20 Å². The third kappa shape index (κ3) is 3.46. The van der Waals surface area contributed by atoms with E-state index in [-0.39, 0.29) is 25.4 Å². The maximum Gasteiger partial charge on any atom is 0.331 e. The maximum absolute atomic E-state index is 12.1. The van der Waals surface area contributed by atoms with Crippen molar-refractivity contribution < 1.29 is 23.8 Å². The number of oxazole rings is 1. The number of amides is 1. The van der Waals surface area contributed by atoms with E-state index in [2.05, 4.69) is 10.3 Å². The van der Waals surface area contributed by atoms with E-state index < -0.39 is 11.5 Å². The van der Waals surface area contributed by atoms with Gasteiger partial charge < -0.3 is 19.6 Å². The van der Waals surface area contributed by atoms with Crippen LogP contribution >= 0.6 is 0 Å². The first-order chi connectivity index (χ1) is 11.6. The molecule has 2 heterocycles. The Bertz CT molecular complexity index is 720. The van der Waals surface area contributed by atoms with Gasteiger partial charge in [0.2, 0.25) is 5.91 Å². The third-order valence-electron chi connectivity index (χ3n) is 3.99. The fraction of sp³-hybridized carbons (Fsp3) is 0.353. The molecule has 0 bridgehead atoms. The van der Waals surface area contributed by atoms with E-state index in [9.17, 15) is 14.7 Å². The Labute approximate surface area is 138 Å². The molecule has 126 valence electrons. The Balaban J connectivity index is 1.57. The van der Waals surface area contributed by atoms with Gasteiger partial charge in [0.25, 0.3) is 0 Å². The summed E-state index contributed by atoms with van der Waals surface area (Å²) in [6, 6.07) is 9.54. The summed E-state index contributed by atoms with van der Waals surface area (Å²) in [5, 5.41) is 11.9. The number of aromatic nitrogens is 1.